The van der Waals surface area contributed by atoms with Crippen LogP contribution in [0.1, 0.15) is 36.0 Å². The minimum Gasteiger partial charge on any atom is -0.365 e. The van der Waals surface area contributed by atoms with Crippen LogP contribution in [0.15, 0.2) is 36.8 Å². The number of carbonyl (C=O) groups is 1. The van der Waals surface area contributed by atoms with Gasteiger partial charge in [0.25, 0.3) is 5.91 Å². The van der Waals surface area contributed by atoms with Crippen molar-refractivity contribution >= 4 is 34.1 Å². The summed E-state index contributed by atoms with van der Waals surface area (Å²) in [4.78, 5) is 24.3. The number of nitrogens with one attached hydrogen (secondary N) is 2. The number of nitrogens with zero attached hydrogens (tertiary/aromatic N) is 3. The topological polar surface area (TPSA) is 132 Å². The van der Waals surface area contributed by atoms with Gasteiger partial charge in [-0.2, -0.15) is 0 Å². The van der Waals surface area contributed by atoms with E-state index in [0.717, 1.165) is 42.7 Å². The molecule has 3 aromatic rings. The van der Waals surface area contributed by atoms with Gasteiger partial charge in [0, 0.05) is 29.4 Å². The molecule has 0 radical (unpaired) electrons. The first kappa shape index (κ1) is 19.0. The van der Waals surface area contributed by atoms with Crippen LogP contribution >= 0.6 is 0 Å². The maximum absolute atomic E-state index is 14.6. The average Bonchev–Trinajstić information content (AvgIpc) is 2.71. The number of halogens is 1. The average molecular weight is 395 g/mol. The smallest absolute Gasteiger partial charge is 0.252 e. The van der Waals surface area contributed by atoms with E-state index in [9.17, 15) is 9.18 Å². The van der Waals surface area contributed by atoms with Gasteiger partial charge in [-0.1, -0.05) is 12.8 Å². The number of benzene rings is 1. The van der Waals surface area contributed by atoms with E-state index in [-0.39, 0.29) is 29.3 Å². The molecule has 9 heteroatoms. The van der Waals surface area contributed by atoms with Gasteiger partial charge in [0.1, 0.15) is 12.1 Å². The second kappa shape index (κ2) is 7.96. The monoisotopic (exact) mass is 395 g/mol. The van der Waals surface area contributed by atoms with Crippen molar-refractivity contribution in [3.05, 3.63) is 48.2 Å². The Morgan fingerprint density at radius 1 is 1.17 bits per heavy atom. The fraction of sp³-hybridized carbons (Fsp3) is 0.300. The summed E-state index contributed by atoms with van der Waals surface area (Å²) in [5.41, 5.74) is 13.0. The van der Waals surface area contributed by atoms with Crippen LogP contribution in [0.5, 0.6) is 0 Å². The number of rotatable bonds is 5. The van der Waals surface area contributed by atoms with Crippen molar-refractivity contribution in [1.82, 2.24) is 15.0 Å². The third kappa shape index (κ3) is 4.09. The summed E-state index contributed by atoms with van der Waals surface area (Å²) in [6.45, 7) is 0. The Morgan fingerprint density at radius 2 is 2.00 bits per heavy atom. The highest BCUT2D eigenvalue weighted by molar-refractivity contribution is 5.99. The molecule has 4 rings (SSSR count). The molecule has 1 aliphatic rings. The SMILES string of the molecule is NC(=O)c1cc(F)c(N[C@@H]2CCCC[C@@H]2N)nc1Nc1ccc2ncncc2c1. The minimum atomic E-state index is -0.774. The van der Waals surface area contributed by atoms with Gasteiger partial charge in [-0.25, -0.2) is 19.3 Å². The number of amides is 1. The predicted octanol–water partition coefficient (Wildman–Crippen LogP) is 2.69. The van der Waals surface area contributed by atoms with Crippen LogP contribution in [-0.2, 0) is 0 Å². The van der Waals surface area contributed by atoms with E-state index in [1.807, 2.05) is 12.1 Å². The van der Waals surface area contributed by atoms with Crippen molar-refractivity contribution in [2.45, 2.75) is 37.8 Å². The molecule has 2 atom stereocenters. The van der Waals surface area contributed by atoms with E-state index < -0.39 is 11.7 Å². The van der Waals surface area contributed by atoms with E-state index in [1.165, 1.54) is 6.33 Å². The van der Waals surface area contributed by atoms with Crippen LogP contribution in [0.3, 0.4) is 0 Å². The lowest BCUT2D eigenvalue weighted by atomic mass is 9.91. The zero-order valence-corrected chi connectivity index (χ0v) is 15.7. The van der Waals surface area contributed by atoms with Crippen LogP contribution in [0.2, 0.25) is 0 Å². The summed E-state index contributed by atoms with van der Waals surface area (Å²) in [5.74, 6) is -1.20. The first-order chi connectivity index (χ1) is 14.0. The molecule has 8 nitrogen and oxygen atoms in total. The molecule has 29 heavy (non-hydrogen) atoms. The highest BCUT2D eigenvalue weighted by Gasteiger charge is 2.24. The third-order valence-electron chi connectivity index (χ3n) is 5.15. The van der Waals surface area contributed by atoms with Crippen molar-refractivity contribution in [3.8, 4) is 0 Å². The van der Waals surface area contributed by atoms with Gasteiger partial charge in [0.2, 0.25) is 0 Å². The summed E-state index contributed by atoms with van der Waals surface area (Å²) in [6, 6.07) is 6.37. The van der Waals surface area contributed by atoms with Crippen LogP contribution in [0.25, 0.3) is 10.9 Å². The molecular formula is C20H22FN7O. The van der Waals surface area contributed by atoms with Gasteiger partial charge in [0.05, 0.1) is 11.1 Å². The van der Waals surface area contributed by atoms with Crippen molar-refractivity contribution in [1.29, 1.82) is 0 Å². The lowest BCUT2D eigenvalue weighted by Gasteiger charge is -2.30. The number of aromatic nitrogens is 3. The largest absolute Gasteiger partial charge is 0.365 e. The molecule has 0 bridgehead atoms. The Hall–Kier alpha value is -3.33. The molecular weight excluding hydrogens is 373 g/mol. The molecule has 2 heterocycles. The minimum absolute atomic E-state index is 0.0367. The van der Waals surface area contributed by atoms with E-state index in [1.54, 1.807) is 12.3 Å². The van der Waals surface area contributed by atoms with Crippen LogP contribution in [0.4, 0.5) is 21.7 Å². The van der Waals surface area contributed by atoms with Crippen molar-refractivity contribution in [2.75, 3.05) is 10.6 Å². The van der Waals surface area contributed by atoms with Crippen molar-refractivity contribution < 1.29 is 9.18 Å². The Labute approximate surface area is 166 Å². The van der Waals surface area contributed by atoms with Crippen LogP contribution in [-0.4, -0.2) is 32.9 Å². The second-order valence-corrected chi connectivity index (χ2v) is 7.20. The molecule has 1 saturated carbocycles. The molecule has 0 saturated heterocycles. The first-order valence-corrected chi connectivity index (χ1v) is 9.50. The molecule has 1 amide bonds. The Kier molecular flexibility index (Phi) is 5.22. The van der Waals surface area contributed by atoms with E-state index in [0.29, 0.717) is 5.69 Å². The fourth-order valence-electron chi connectivity index (χ4n) is 3.59. The zero-order valence-electron chi connectivity index (χ0n) is 15.7. The number of carbonyl (C=O) groups excluding carboxylic acids is 1. The molecule has 2 aromatic heterocycles. The summed E-state index contributed by atoms with van der Waals surface area (Å²) in [6.07, 6.45) is 6.95. The van der Waals surface area contributed by atoms with Gasteiger partial charge in [0.15, 0.2) is 11.6 Å². The standard InChI is InChI=1S/C20H22FN7O/c21-14-8-13(18(23)29)19(28-20(14)27-17-4-2-1-3-15(17)22)26-12-5-6-16-11(7-12)9-24-10-25-16/h5-10,15,17H,1-4,22H2,(H2,23,29)(H2,26,27,28)/t15-,17+/m0/s1. The maximum atomic E-state index is 14.6. The summed E-state index contributed by atoms with van der Waals surface area (Å²) in [5, 5.41) is 6.97. The fourth-order valence-corrected chi connectivity index (χ4v) is 3.59. The predicted molar refractivity (Wildman–Crippen MR) is 109 cm³/mol. The lowest BCUT2D eigenvalue weighted by molar-refractivity contribution is 0.100. The molecule has 0 unspecified atom stereocenters. The molecule has 6 N–H and O–H groups in total. The third-order valence-corrected chi connectivity index (χ3v) is 5.15. The number of hydrogen-bond donors (Lipinski definition) is 4. The number of nitrogens with two attached hydrogens (primary N) is 2. The highest BCUT2D eigenvalue weighted by atomic mass is 19.1. The molecule has 1 fully saturated rings. The zero-order chi connectivity index (χ0) is 20.4. The number of anilines is 3. The Bertz CT molecular complexity index is 1060. The summed E-state index contributed by atoms with van der Waals surface area (Å²) in [7, 11) is 0. The van der Waals surface area contributed by atoms with E-state index in [2.05, 4.69) is 25.6 Å². The quantitative estimate of drug-likeness (QED) is 0.522. The molecule has 0 spiro atoms. The van der Waals surface area contributed by atoms with Gasteiger partial charge in [-0.3, -0.25) is 4.79 Å². The second-order valence-electron chi connectivity index (χ2n) is 7.20. The number of pyridine rings is 1. The first-order valence-electron chi connectivity index (χ1n) is 9.50. The lowest BCUT2D eigenvalue weighted by Crippen LogP contribution is -2.43. The van der Waals surface area contributed by atoms with Crippen LogP contribution < -0.4 is 22.1 Å². The van der Waals surface area contributed by atoms with Gasteiger partial charge >= 0.3 is 0 Å². The van der Waals surface area contributed by atoms with Crippen LogP contribution in [0, 0.1) is 5.82 Å². The van der Waals surface area contributed by atoms with Gasteiger partial charge in [-0.15, -0.1) is 0 Å². The van der Waals surface area contributed by atoms with E-state index >= 15 is 0 Å². The maximum Gasteiger partial charge on any atom is 0.252 e. The number of fused-ring (bicyclic) bond motifs is 1. The van der Waals surface area contributed by atoms with E-state index in [4.69, 9.17) is 11.5 Å². The molecule has 1 aromatic carbocycles. The molecule has 1 aliphatic carbocycles. The van der Waals surface area contributed by atoms with Crippen molar-refractivity contribution in [3.63, 3.8) is 0 Å². The summed E-state index contributed by atoms with van der Waals surface area (Å²) < 4.78 is 14.6. The van der Waals surface area contributed by atoms with Crippen molar-refractivity contribution in [2.24, 2.45) is 11.5 Å². The number of primary amides is 1. The Morgan fingerprint density at radius 3 is 2.79 bits per heavy atom. The van der Waals surface area contributed by atoms with Gasteiger partial charge < -0.3 is 22.1 Å². The van der Waals surface area contributed by atoms with Gasteiger partial charge in [-0.05, 0) is 37.1 Å². The summed E-state index contributed by atoms with van der Waals surface area (Å²) >= 11 is 0. The number of hydrogen-bond acceptors (Lipinski definition) is 7. The normalized spacial score (nSPS) is 19.1. The highest BCUT2D eigenvalue weighted by Crippen LogP contribution is 2.27. The Balaban J connectivity index is 1.67. The molecule has 150 valence electrons. The molecule has 0 aliphatic heterocycles.